The number of carbonyl (C=O) groups excluding carboxylic acids is 1. The van der Waals surface area contributed by atoms with Crippen LogP contribution in [-0.4, -0.2) is 61.9 Å². The number of benzene rings is 1. The van der Waals surface area contributed by atoms with Crippen LogP contribution in [0.2, 0.25) is 0 Å². The predicted octanol–water partition coefficient (Wildman–Crippen LogP) is 1.60. The number of aryl methyl sites for hydroxylation is 1. The van der Waals surface area contributed by atoms with Crippen LogP contribution < -0.4 is 14.8 Å². The molecule has 0 unspecified atom stereocenters. The maximum Gasteiger partial charge on any atom is 0.258 e. The molecule has 0 saturated carbocycles. The van der Waals surface area contributed by atoms with E-state index in [1.165, 1.54) is 5.69 Å². The lowest BCUT2D eigenvalue weighted by Gasteiger charge is -2.35. The van der Waals surface area contributed by atoms with Crippen molar-refractivity contribution < 1.29 is 19.0 Å². The van der Waals surface area contributed by atoms with Crippen LogP contribution in [0.5, 0.6) is 11.5 Å². The summed E-state index contributed by atoms with van der Waals surface area (Å²) in [7, 11) is 3.60. The van der Waals surface area contributed by atoms with Crippen LogP contribution in [0.1, 0.15) is 11.7 Å². The number of amides is 1. The average molecular weight is 373 g/mol. The minimum Gasteiger partial charge on any atom is -0.493 e. The zero-order valence-electron chi connectivity index (χ0n) is 15.9. The smallest absolute Gasteiger partial charge is 0.258 e. The standard InChI is InChI=1S/C20H27N3O4/c1-22-9-5-6-16(22)17(23-10-12-26-13-11-23)14-21-20(24)15-27-19-8-4-3-7-18(19)25-2/h3-9,17H,10-15H2,1-2H3,(H,21,24)/t17-/m0/s1. The fourth-order valence-corrected chi connectivity index (χ4v) is 3.27. The maximum atomic E-state index is 12.3. The number of aromatic nitrogens is 1. The van der Waals surface area contributed by atoms with Crippen molar-refractivity contribution in [1.82, 2.24) is 14.8 Å². The van der Waals surface area contributed by atoms with E-state index in [9.17, 15) is 4.79 Å². The quantitative estimate of drug-likeness (QED) is 0.762. The SMILES string of the molecule is COc1ccccc1OCC(=O)NC[C@@H](c1cccn1C)N1CCOCC1. The van der Waals surface area contributed by atoms with Crippen LogP contribution in [0, 0.1) is 0 Å². The van der Waals surface area contributed by atoms with Crippen molar-refractivity contribution in [3.63, 3.8) is 0 Å². The van der Waals surface area contributed by atoms with Crippen LogP contribution in [-0.2, 0) is 16.6 Å². The third-order valence-electron chi connectivity index (χ3n) is 4.73. The Morgan fingerprint density at radius 1 is 1.19 bits per heavy atom. The third kappa shape index (κ3) is 5.02. The molecule has 1 fully saturated rings. The van der Waals surface area contributed by atoms with E-state index in [4.69, 9.17) is 14.2 Å². The fraction of sp³-hybridized carbons (Fsp3) is 0.450. The highest BCUT2D eigenvalue weighted by Gasteiger charge is 2.25. The van der Waals surface area contributed by atoms with Gasteiger partial charge in [0, 0.05) is 38.6 Å². The summed E-state index contributed by atoms with van der Waals surface area (Å²) in [5.74, 6) is 1.01. The number of methoxy groups -OCH3 is 1. The summed E-state index contributed by atoms with van der Waals surface area (Å²) in [5.41, 5.74) is 1.17. The van der Waals surface area contributed by atoms with Crippen LogP contribution in [0.15, 0.2) is 42.6 Å². The second-order valence-corrected chi connectivity index (χ2v) is 6.45. The number of para-hydroxylation sites is 2. The molecule has 2 aromatic rings. The lowest BCUT2D eigenvalue weighted by atomic mass is 10.1. The van der Waals surface area contributed by atoms with Gasteiger partial charge in [0.25, 0.3) is 5.91 Å². The van der Waals surface area contributed by atoms with Crippen molar-refractivity contribution >= 4 is 5.91 Å². The average Bonchev–Trinajstić information content (AvgIpc) is 3.13. The number of ether oxygens (including phenoxy) is 3. The van der Waals surface area contributed by atoms with Gasteiger partial charge in [-0.25, -0.2) is 0 Å². The molecule has 146 valence electrons. The van der Waals surface area contributed by atoms with Gasteiger partial charge in [-0.3, -0.25) is 9.69 Å². The van der Waals surface area contributed by atoms with Crippen LogP contribution in [0.25, 0.3) is 0 Å². The van der Waals surface area contributed by atoms with E-state index in [-0.39, 0.29) is 18.6 Å². The largest absolute Gasteiger partial charge is 0.493 e. The summed E-state index contributed by atoms with van der Waals surface area (Å²) >= 11 is 0. The van der Waals surface area contributed by atoms with Crippen molar-refractivity contribution in [2.45, 2.75) is 6.04 Å². The highest BCUT2D eigenvalue weighted by atomic mass is 16.5. The highest BCUT2D eigenvalue weighted by molar-refractivity contribution is 5.77. The number of morpholine rings is 1. The first-order valence-electron chi connectivity index (χ1n) is 9.14. The summed E-state index contributed by atoms with van der Waals surface area (Å²) < 4.78 is 18.4. The number of hydrogen-bond donors (Lipinski definition) is 1. The third-order valence-corrected chi connectivity index (χ3v) is 4.73. The summed E-state index contributed by atoms with van der Waals surface area (Å²) in [6.45, 7) is 3.60. The number of nitrogens with zero attached hydrogens (tertiary/aromatic N) is 2. The Hall–Kier alpha value is -2.51. The zero-order chi connectivity index (χ0) is 19.1. The van der Waals surface area contributed by atoms with Gasteiger partial charge in [-0.05, 0) is 24.3 Å². The molecule has 1 aromatic carbocycles. The molecule has 1 atom stereocenters. The van der Waals surface area contributed by atoms with E-state index >= 15 is 0 Å². The molecule has 27 heavy (non-hydrogen) atoms. The van der Waals surface area contributed by atoms with Gasteiger partial charge in [-0.1, -0.05) is 12.1 Å². The van der Waals surface area contributed by atoms with Gasteiger partial charge in [0.15, 0.2) is 18.1 Å². The summed E-state index contributed by atoms with van der Waals surface area (Å²) in [5, 5.41) is 3.00. The molecule has 0 bridgehead atoms. The van der Waals surface area contributed by atoms with Gasteiger partial charge in [0.1, 0.15) is 0 Å². The van der Waals surface area contributed by atoms with Gasteiger partial charge >= 0.3 is 0 Å². The van der Waals surface area contributed by atoms with E-state index in [1.807, 2.05) is 31.4 Å². The maximum absolute atomic E-state index is 12.3. The molecule has 1 amide bonds. The highest BCUT2D eigenvalue weighted by Crippen LogP contribution is 2.25. The second kappa shape index (κ2) is 9.43. The van der Waals surface area contributed by atoms with E-state index in [0.717, 1.165) is 13.1 Å². The molecule has 7 heteroatoms. The van der Waals surface area contributed by atoms with Crippen molar-refractivity contribution in [3.05, 3.63) is 48.3 Å². The predicted molar refractivity (Wildman–Crippen MR) is 102 cm³/mol. The monoisotopic (exact) mass is 373 g/mol. The Kier molecular flexibility index (Phi) is 6.73. The molecule has 0 aliphatic carbocycles. The summed E-state index contributed by atoms with van der Waals surface area (Å²) in [6.07, 6.45) is 2.02. The Balaban J connectivity index is 1.58. The van der Waals surface area contributed by atoms with Crippen LogP contribution in [0.3, 0.4) is 0 Å². The van der Waals surface area contributed by atoms with Crippen molar-refractivity contribution in [2.75, 3.05) is 46.6 Å². The number of rotatable bonds is 8. The number of carbonyl (C=O) groups is 1. The molecule has 1 aliphatic heterocycles. The van der Waals surface area contributed by atoms with E-state index in [0.29, 0.717) is 31.3 Å². The molecular formula is C20H27N3O4. The summed E-state index contributed by atoms with van der Waals surface area (Å²) in [6, 6.07) is 11.5. The molecular weight excluding hydrogens is 346 g/mol. The molecule has 1 saturated heterocycles. The van der Waals surface area contributed by atoms with Gasteiger partial charge in [-0.2, -0.15) is 0 Å². The van der Waals surface area contributed by atoms with Crippen LogP contribution >= 0.6 is 0 Å². The molecule has 0 spiro atoms. The van der Waals surface area contributed by atoms with E-state index < -0.39 is 0 Å². The first-order chi connectivity index (χ1) is 13.2. The normalized spacial score (nSPS) is 15.9. The number of hydrogen-bond acceptors (Lipinski definition) is 5. The fourth-order valence-electron chi connectivity index (χ4n) is 3.27. The lowest BCUT2D eigenvalue weighted by Crippen LogP contribution is -2.45. The Labute approximate surface area is 159 Å². The first kappa shape index (κ1) is 19.3. The Morgan fingerprint density at radius 3 is 2.59 bits per heavy atom. The number of nitrogens with one attached hydrogen (secondary N) is 1. The first-order valence-corrected chi connectivity index (χ1v) is 9.14. The Morgan fingerprint density at radius 2 is 1.93 bits per heavy atom. The van der Waals surface area contributed by atoms with Crippen molar-refractivity contribution in [2.24, 2.45) is 7.05 Å². The molecule has 0 radical (unpaired) electrons. The topological polar surface area (TPSA) is 65.0 Å². The molecule has 1 aromatic heterocycles. The minimum absolute atomic E-state index is 0.0522. The lowest BCUT2D eigenvalue weighted by molar-refractivity contribution is -0.123. The molecule has 1 N–H and O–H groups in total. The van der Waals surface area contributed by atoms with Gasteiger partial charge in [0.2, 0.25) is 0 Å². The van der Waals surface area contributed by atoms with Crippen LogP contribution in [0.4, 0.5) is 0 Å². The zero-order valence-corrected chi connectivity index (χ0v) is 15.9. The van der Waals surface area contributed by atoms with Crippen molar-refractivity contribution in [3.8, 4) is 11.5 Å². The minimum atomic E-state index is -0.159. The van der Waals surface area contributed by atoms with E-state index in [2.05, 4.69) is 20.9 Å². The molecule has 2 heterocycles. The molecule has 3 rings (SSSR count). The van der Waals surface area contributed by atoms with Gasteiger partial charge < -0.3 is 24.1 Å². The second-order valence-electron chi connectivity index (χ2n) is 6.45. The van der Waals surface area contributed by atoms with E-state index in [1.54, 1.807) is 19.2 Å². The van der Waals surface area contributed by atoms with Gasteiger partial charge in [-0.15, -0.1) is 0 Å². The van der Waals surface area contributed by atoms with Gasteiger partial charge in [0.05, 0.1) is 26.4 Å². The van der Waals surface area contributed by atoms with Crippen molar-refractivity contribution in [1.29, 1.82) is 0 Å². The Bertz CT molecular complexity index is 740. The summed E-state index contributed by atoms with van der Waals surface area (Å²) in [4.78, 5) is 14.7. The molecule has 1 aliphatic rings. The molecule has 7 nitrogen and oxygen atoms in total.